The van der Waals surface area contributed by atoms with Gasteiger partial charge in [-0.1, -0.05) is 26.1 Å². The van der Waals surface area contributed by atoms with Crippen LogP contribution < -0.4 is 5.73 Å². The van der Waals surface area contributed by atoms with Gasteiger partial charge in [-0.3, -0.25) is 5.10 Å². The summed E-state index contributed by atoms with van der Waals surface area (Å²) in [5.41, 5.74) is 5.42. The number of thiocarbonyl (C=S) groups is 1. The lowest BCUT2D eigenvalue weighted by molar-refractivity contribution is 0.374. The molecule has 1 aromatic heterocycles. The van der Waals surface area contributed by atoms with E-state index >= 15 is 0 Å². The highest BCUT2D eigenvalue weighted by Crippen LogP contribution is 2.15. The van der Waals surface area contributed by atoms with Gasteiger partial charge in [0.25, 0.3) is 0 Å². The van der Waals surface area contributed by atoms with Gasteiger partial charge in [0, 0.05) is 25.7 Å². The van der Waals surface area contributed by atoms with Crippen molar-refractivity contribution < 1.29 is 8.42 Å². The molecule has 0 unspecified atom stereocenters. The van der Waals surface area contributed by atoms with Crippen LogP contribution in [0.2, 0.25) is 0 Å². The van der Waals surface area contributed by atoms with Crippen molar-refractivity contribution >= 4 is 27.2 Å². The molecule has 0 amide bonds. The summed E-state index contributed by atoms with van der Waals surface area (Å²) in [4.78, 5) is 0.470. The van der Waals surface area contributed by atoms with Crippen molar-refractivity contribution in [2.75, 3.05) is 13.1 Å². The van der Waals surface area contributed by atoms with E-state index in [0.29, 0.717) is 24.5 Å². The minimum absolute atomic E-state index is 0.158. The van der Waals surface area contributed by atoms with Crippen LogP contribution in [-0.4, -0.2) is 41.0 Å². The van der Waals surface area contributed by atoms with Gasteiger partial charge >= 0.3 is 0 Å². The molecule has 8 heteroatoms. The molecule has 0 spiro atoms. The molecule has 0 bridgehead atoms. The van der Waals surface area contributed by atoms with Crippen molar-refractivity contribution in [3.05, 3.63) is 12.4 Å². The van der Waals surface area contributed by atoms with E-state index in [2.05, 4.69) is 10.2 Å². The van der Waals surface area contributed by atoms with Gasteiger partial charge < -0.3 is 5.73 Å². The summed E-state index contributed by atoms with van der Waals surface area (Å²) in [6, 6.07) is 0. The summed E-state index contributed by atoms with van der Waals surface area (Å²) in [7, 11) is -3.52. The van der Waals surface area contributed by atoms with E-state index in [1.807, 2.05) is 13.8 Å². The molecule has 0 saturated heterocycles. The lowest BCUT2D eigenvalue weighted by Gasteiger charge is -2.22. The monoisotopic (exact) mass is 290 g/mol. The zero-order valence-corrected chi connectivity index (χ0v) is 12.1. The molecule has 3 N–H and O–H groups in total. The second-order valence-corrected chi connectivity index (χ2v) is 6.87. The number of aromatic amines is 1. The van der Waals surface area contributed by atoms with E-state index in [1.165, 1.54) is 16.7 Å². The maximum Gasteiger partial charge on any atom is 0.246 e. The van der Waals surface area contributed by atoms with Crippen LogP contribution in [0.5, 0.6) is 0 Å². The van der Waals surface area contributed by atoms with E-state index in [-0.39, 0.29) is 10.8 Å². The van der Waals surface area contributed by atoms with Gasteiger partial charge in [-0.15, -0.1) is 0 Å². The molecule has 0 aromatic carbocycles. The number of nitrogens with one attached hydrogen (secondary N) is 1. The van der Waals surface area contributed by atoms with Crippen LogP contribution in [0.15, 0.2) is 17.3 Å². The normalized spacial score (nSPS) is 12.2. The van der Waals surface area contributed by atoms with E-state index in [0.717, 1.165) is 0 Å². The fourth-order valence-corrected chi connectivity index (χ4v) is 3.08. The first kappa shape index (κ1) is 15.1. The van der Waals surface area contributed by atoms with Crippen LogP contribution in [0, 0.1) is 5.92 Å². The van der Waals surface area contributed by atoms with Crippen LogP contribution in [0.4, 0.5) is 0 Å². The summed E-state index contributed by atoms with van der Waals surface area (Å²) in [5, 5.41) is 6.17. The predicted octanol–water partition coefficient (Wildman–Crippen LogP) is 0.733. The summed E-state index contributed by atoms with van der Waals surface area (Å²) in [5.74, 6) is 0.220. The quantitative estimate of drug-likeness (QED) is 0.722. The third-order valence-electron chi connectivity index (χ3n) is 2.29. The molecular formula is C10H18N4O2S2. The van der Waals surface area contributed by atoms with Crippen LogP contribution in [0.3, 0.4) is 0 Å². The number of aromatic nitrogens is 2. The summed E-state index contributed by atoms with van der Waals surface area (Å²) >= 11 is 4.79. The fraction of sp³-hybridized carbons (Fsp3) is 0.600. The first-order valence-corrected chi connectivity index (χ1v) is 7.46. The third-order valence-corrected chi connectivity index (χ3v) is 4.32. The van der Waals surface area contributed by atoms with Crippen LogP contribution >= 0.6 is 12.2 Å². The highest BCUT2D eigenvalue weighted by molar-refractivity contribution is 7.89. The summed E-state index contributed by atoms with van der Waals surface area (Å²) in [6.07, 6.45) is 3.03. The van der Waals surface area contributed by atoms with E-state index in [1.54, 1.807) is 0 Å². The van der Waals surface area contributed by atoms with Gasteiger partial charge in [0.2, 0.25) is 10.0 Å². The Balaban J connectivity index is 2.91. The van der Waals surface area contributed by atoms with E-state index in [4.69, 9.17) is 18.0 Å². The molecule has 18 heavy (non-hydrogen) atoms. The zero-order valence-electron chi connectivity index (χ0n) is 10.5. The largest absolute Gasteiger partial charge is 0.393 e. The molecule has 1 heterocycles. The highest BCUT2D eigenvalue weighted by atomic mass is 32.2. The fourth-order valence-electron chi connectivity index (χ4n) is 1.48. The van der Waals surface area contributed by atoms with Crippen molar-refractivity contribution in [3.8, 4) is 0 Å². The SMILES string of the molecule is CC(C)CN(CCC(N)=S)S(=O)(=O)c1cn[nH]c1. The van der Waals surface area contributed by atoms with Gasteiger partial charge in [-0.25, -0.2) is 8.42 Å². The highest BCUT2D eigenvalue weighted by Gasteiger charge is 2.25. The Morgan fingerprint density at radius 1 is 1.61 bits per heavy atom. The van der Waals surface area contributed by atoms with E-state index in [9.17, 15) is 8.42 Å². The molecule has 0 aliphatic rings. The molecule has 1 rings (SSSR count). The molecule has 0 aliphatic carbocycles. The second kappa shape index (κ2) is 6.26. The molecule has 6 nitrogen and oxygen atoms in total. The van der Waals surface area contributed by atoms with Crippen molar-refractivity contribution in [3.63, 3.8) is 0 Å². The first-order chi connectivity index (χ1) is 8.34. The molecule has 0 atom stereocenters. The van der Waals surface area contributed by atoms with Crippen LogP contribution in [0.25, 0.3) is 0 Å². The molecule has 0 aliphatic heterocycles. The van der Waals surface area contributed by atoms with Crippen molar-refractivity contribution in [2.45, 2.75) is 25.2 Å². The Hall–Kier alpha value is -0.990. The van der Waals surface area contributed by atoms with Gasteiger partial charge in [0.1, 0.15) is 4.90 Å². The van der Waals surface area contributed by atoms with Crippen molar-refractivity contribution in [1.29, 1.82) is 0 Å². The topological polar surface area (TPSA) is 92.1 Å². The van der Waals surface area contributed by atoms with Crippen molar-refractivity contribution in [2.24, 2.45) is 11.7 Å². The average Bonchev–Trinajstić information content (AvgIpc) is 2.76. The van der Waals surface area contributed by atoms with Gasteiger partial charge in [0.15, 0.2) is 0 Å². The molecule has 1 aromatic rings. The van der Waals surface area contributed by atoms with Crippen LogP contribution in [0.1, 0.15) is 20.3 Å². The number of H-pyrrole nitrogens is 1. The average molecular weight is 290 g/mol. The van der Waals surface area contributed by atoms with Crippen molar-refractivity contribution in [1.82, 2.24) is 14.5 Å². The smallest absolute Gasteiger partial charge is 0.246 e. The van der Waals surface area contributed by atoms with Crippen LogP contribution in [-0.2, 0) is 10.0 Å². The number of rotatable bonds is 7. The van der Waals surface area contributed by atoms with Gasteiger partial charge in [-0.2, -0.15) is 9.40 Å². The third kappa shape index (κ3) is 4.04. The molecule has 0 saturated carbocycles. The number of nitrogens with two attached hydrogens (primary N) is 1. The Kier molecular flexibility index (Phi) is 5.24. The molecular weight excluding hydrogens is 272 g/mol. The maximum atomic E-state index is 12.3. The minimum Gasteiger partial charge on any atom is -0.393 e. The lowest BCUT2D eigenvalue weighted by atomic mass is 10.2. The standard InChI is InChI=1S/C10H18N4O2S2/c1-8(2)7-14(4-3-10(11)17)18(15,16)9-5-12-13-6-9/h5-6,8H,3-4,7H2,1-2H3,(H2,11,17)(H,12,13). The Labute approximate surface area is 113 Å². The number of hydrogen-bond donors (Lipinski definition) is 2. The molecule has 0 fully saturated rings. The maximum absolute atomic E-state index is 12.3. The predicted molar refractivity (Wildman–Crippen MR) is 73.6 cm³/mol. The summed E-state index contributed by atoms with van der Waals surface area (Å²) < 4.78 is 26.0. The Morgan fingerprint density at radius 2 is 2.28 bits per heavy atom. The number of nitrogens with zero attached hydrogens (tertiary/aromatic N) is 2. The second-order valence-electron chi connectivity index (χ2n) is 4.41. The molecule has 102 valence electrons. The number of hydrogen-bond acceptors (Lipinski definition) is 4. The Morgan fingerprint density at radius 3 is 2.72 bits per heavy atom. The number of sulfonamides is 1. The minimum atomic E-state index is -3.52. The lowest BCUT2D eigenvalue weighted by Crippen LogP contribution is -2.36. The first-order valence-electron chi connectivity index (χ1n) is 5.61. The Bertz CT molecular complexity index is 482. The zero-order chi connectivity index (χ0) is 13.8. The van der Waals surface area contributed by atoms with Gasteiger partial charge in [0.05, 0.1) is 11.2 Å². The summed E-state index contributed by atoms with van der Waals surface area (Å²) in [6.45, 7) is 4.63. The van der Waals surface area contributed by atoms with E-state index < -0.39 is 10.0 Å². The molecule has 0 radical (unpaired) electrons. The van der Waals surface area contributed by atoms with Gasteiger partial charge in [-0.05, 0) is 5.92 Å².